The number of rotatable bonds is 5. The molecule has 3 aromatic rings. The minimum Gasteiger partial charge on any atom is -0.493 e. The van der Waals surface area contributed by atoms with Gasteiger partial charge in [-0.25, -0.2) is 9.37 Å². The molecule has 2 aromatic carbocycles. The molecule has 0 N–H and O–H groups in total. The van der Waals surface area contributed by atoms with Crippen LogP contribution in [0.1, 0.15) is 0 Å². The maximum absolute atomic E-state index is 13.9. The van der Waals surface area contributed by atoms with E-state index in [0.29, 0.717) is 22.4 Å². The van der Waals surface area contributed by atoms with Gasteiger partial charge in [-0.05, 0) is 12.1 Å². The minimum absolute atomic E-state index is 0.104. The van der Waals surface area contributed by atoms with Gasteiger partial charge in [-0.2, -0.15) is 4.98 Å². The van der Waals surface area contributed by atoms with Gasteiger partial charge in [0.15, 0.2) is 23.1 Å². The Kier molecular flexibility index (Phi) is 4.29. The van der Waals surface area contributed by atoms with Crippen LogP contribution >= 0.6 is 0 Å². The fourth-order valence-corrected chi connectivity index (χ4v) is 2.17. The molecule has 8 nitrogen and oxygen atoms in total. The lowest BCUT2D eigenvalue weighted by atomic mass is 10.2. The summed E-state index contributed by atoms with van der Waals surface area (Å²) in [6, 6.07) is 6.28. The molecule has 0 bridgehead atoms. The first-order valence-corrected chi connectivity index (χ1v) is 7.02. The molecule has 0 saturated heterocycles. The SMILES string of the molecule is COc1cc2cnc(Oc3ccc([N+](=O)[O-])cc3F)nc2cc1OC. The molecular formula is C16H12FN3O5. The van der Waals surface area contributed by atoms with Gasteiger partial charge in [0, 0.05) is 23.7 Å². The van der Waals surface area contributed by atoms with E-state index in [2.05, 4.69) is 9.97 Å². The highest BCUT2D eigenvalue weighted by Crippen LogP contribution is 2.32. The van der Waals surface area contributed by atoms with Crippen molar-refractivity contribution in [2.24, 2.45) is 0 Å². The van der Waals surface area contributed by atoms with Gasteiger partial charge in [0.25, 0.3) is 5.69 Å². The van der Waals surface area contributed by atoms with Crippen molar-refractivity contribution >= 4 is 16.6 Å². The van der Waals surface area contributed by atoms with Gasteiger partial charge in [-0.3, -0.25) is 10.1 Å². The summed E-state index contributed by atoms with van der Waals surface area (Å²) in [4.78, 5) is 18.1. The zero-order valence-electron chi connectivity index (χ0n) is 13.2. The molecule has 0 spiro atoms. The van der Waals surface area contributed by atoms with E-state index < -0.39 is 10.7 Å². The van der Waals surface area contributed by atoms with Gasteiger partial charge in [0.1, 0.15) is 0 Å². The van der Waals surface area contributed by atoms with Crippen LogP contribution in [-0.2, 0) is 0 Å². The van der Waals surface area contributed by atoms with Crippen LogP contribution in [-0.4, -0.2) is 29.1 Å². The Hall–Kier alpha value is -3.49. The molecule has 0 saturated carbocycles. The predicted molar refractivity (Wildman–Crippen MR) is 85.8 cm³/mol. The molecule has 0 amide bonds. The lowest BCUT2D eigenvalue weighted by Gasteiger charge is -2.09. The summed E-state index contributed by atoms with van der Waals surface area (Å²) in [5.74, 6) is -0.106. The van der Waals surface area contributed by atoms with Crippen LogP contribution in [0.5, 0.6) is 23.3 Å². The van der Waals surface area contributed by atoms with Crippen molar-refractivity contribution in [2.45, 2.75) is 0 Å². The summed E-state index contributed by atoms with van der Waals surface area (Å²) in [6.45, 7) is 0. The first-order valence-electron chi connectivity index (χ1n) is 7.02. The smallest absolute Gasteiger partial charge is 0.322 e. The largest absolute Gasteiger partial charge is 0.493 e. The number of nitro groups is 1. The Labute approximate surface area is 140 Å². The van der Waals surface area contributed by atoms with Crippen molar-refractivity contribution in [3.8, 4) is 23.3 Å². The maximum atomic E-state index is 13.9. The number of aromatic nitrogens is 2. The summed E-state index contributed by atoms with van der Waals surface area (Å²) < 4.78 is 29.6. The Balaban J connectivity index is 1.95. The minimum atomic E-state index is -0.884. The molecule has 3 rings (SSSR count). The van der Waals surface area contributed by atoms with Crippen LogP contribution in [0.4, 0.5) is 10.1 Å². The van der Waals surface area contributed by atoms with Crippen LogP contribution in [0.2, 0.25) is 0 Å². The fraction of sp³-hybridized carbons (Fsp3) is 0.125. The number of non-ortho nitro benzene ring substituents is 1. The van der Waals surface area contributed by atoms with E-state index in [1.165, 1.54) is 20.4 Å². The Morgan fingerprint density at radius 1 is 1.08 bits per heavy atom. The number of fused-ring (bicyclic) bond motifs is 1. The number of hydrogen-bond donors (Lipinski definition) is 0. The standard InChI is InChI=1S/C16H12FN3O5/c1-23-14-5-9-8-18-16(19-12(9)7-15(14)24-2)25-13-4-3-10(20(21)22)6-11(13)17/h3-8H,1-2H3. The molecule has 0 fully saturated rings. The van der Waals surface area contributed by atoms with Crippen LogP contribution in [0.25, 0.3) is 10.9 Å². The first kappa shape index (κ1) is 16.4. The number of benzene rings is 2. The number of ether oxygens (including phenoxy) is 3. The predicted octanol–water partition coefficient (Wildman–Crippen LogP) is 3.49. The molecule has 0 radical (unpaired) electrons. The topological polar surface area (TPSA) is 96.6 Å². The van der Waals surface area contributed by atoms with E-state index >= 15 is 0 Å². The quantitative estimate of drug-likeness (QED) is 0.516. The van der Waals surface area contributed by atoms with Gasteiger partial charge in [0.05, 0.1) is 30.7 Å². The normalized spacial score (nSPS) is 10.5. The monoisotopic (exact) mass is 345 g/mol. The van der Waals surface area contributed by atoms with Crippen molar-refractivity contribution in [2.75, 3.05) is 14.2 Å². The molecular weight excluding hydrogens is 333 g/mol. The third kappa shape index (κ3) is 3.25. The van der Waals surface area contributed by atoms with Gasteiger partial charge in [-0.1, -0.05) is 0 Å². The maximum Gasteiger partial charge on any atom is 0.322 e. The van der Waals surface area contributed by atoms with Gasteiger partial charge in [-0.15, -0.1) is 0 Å². The summed E-state index contributed by atoms with van der Waals surface area (Å²) in [5, 5.41) is 11.3. The van der Waals surface area contributed by atoms with E-state index in [1.54, 1.807) is 12.1 Å². The zero-order valence-corrected chi connectivity index (χ0v) is 13.2. The lowest BCUT2D eigenvalue weighted by Crippen LogP contribution is -1.97. The zero-order chi connectivity index (χ0) is 18.0. The second kappa shape index (κ2) is 6.56. The number of nitrogens with zero attached hydrogens (tertiary/aromatic N) is 3. The molecule has 1 heterocycles. The van der Waals surface area contributed by atoms with Gasteiger partial charge in [0.2, 0.25) is 0 Å². The molecule has 25 heavy (non-hydrogen) atoms. The third-order valence-electron chi connectivity index (χ3n) is 3.39. The molecule has 0 aliphatic heterocycles. The van der Waals surface area contributed by atoms with Crippen molar-refractivity contribution in [3.63, 3.8) is 0 Å². The Bertz CT molecular complexity index is 964. The van der Waals surface area contributed by atoms with E-state index in [9.17, 15) is 14.5 Å². The highest BCUT2D eigenvalue weighted by Gasteiger charge is 2.14. The summed E-state index contributed by atoms with van der Waals surface area (Å²) in [7, 11) is 3.01. The van der Waals surface area contributed by atoms with E-state index in [-0.39, 0.29) is 17.4 Å². The average Bonchev–Trinajstić information content (AvgIpc) is 2.61. The number of hydrogen-bond acceptors (Lipinski definition) is 7. The third-order valence-corrected chi connectivity index (χ3v) is 3.39. The molecule has 0 unspecified atom stereocenters. The van der Waals surface area contributed by atoms with Crippen LogP contribution in [0, 0.1) is 15.9 Å². The number of nitro benzene ring substituents is 1. The Morgan fingerprint density at radius 2 is 1.80 bits per heavy atom. The van der Waals surface area contributed by atoms with E-state index in [0.717, 1.165) is 18.2 Å². The summed E-state index contributed by atoms with van der Waals surface area (Å²) >= 11 is 0. The summed E-state index contributed by atoms with van der Waals surface area (Å²) in [5.41, 5.74) is 0.131. The highest BCUT2D eigenvalue weighted by atomic mass is 19.1. The molecule has 1 aromatic heterocycles. The highest BCUT2D eigenvalue weighted by molar-refractivity contribution is 5.82. The molecule has 128 valence electrons. The molecule has 9 heteroatoms. The van der Waals surface area contributed by atoms with Crippen molar-refractivity contribution in [3.05, 3.63) is 52.5 Å². The summed E-state index contributed by atoms with van der Waals surface area (Å²) in [6.07, 6.45) is 1.49. The molecule has 0 aliphatic rings. The van der Waals surface area contributed by atoms with E-state index in [1.807, 2.05) is 0 Å². The molecule has 0 atom stereocenters. The first-order chi connectivity index (χ1) is 12.0. The van der Waals surface area contributed by atoms with Crippen LogP contribution in [0.3, 0.4) is 0 Å². The average molecular weight is 345 g/mol. The van der Waals surface area contributed by atoms with Gasteiger partial charge >= 0.3 is 6.01 Å². The van der Waals surface area contributed by atoms with Gasteiger partial charge < -0.3 is 14.2 Å². The number of methoxy groups -OCH3 is 2. The van der Waals surface area contributed by atoms with E-state index in [4.69, 9.17) is 14.2 Å². The number of halogens is 1. The second-order valence-corrected chi connectivity index (χ2v) is 4.89. The lowest BCUT2D eigenvalue weighted by molar-refractivity contribution is -0.385. The van der Waals surface area contributed by atoms with Crippen LogP contribution < -0.4 is 14.2 Å². The second-order valence-electron chi connectivity index (χ2n) is 4.89. The van der Waals surface area contributed by atoms with Crippen molar-refractivity contribution in [1.29, 1.82) is 0 Å². The Morgan fingerprint density at radius 3 is 2.44 bits per heavy atom. The van der Waals surface area contributed by atoms with Crippen molar-refractivity contribution < 1.29 is 23.5 Å². The van der Waals surface area contributed by atoms with Crippen molar-refractivity contribution in [1.82, 2.24) is 9.97 Å². The molecule has 0 aliphatic carbocycles. The van der Waals surface area contributed by atoms with Crippen LogP contribution in [0.15, 0.2) is 36.5 Å². The fourth-order valence-electron chi connectivity index (χ4n) is 2.17.